The normalized spacial score (nSPS) is 20.1. The average Bonchev–Trinajstić information content (AvgIpc) is 2.46. The van der Waals surface area contributed by atoms with E-state index in [1.807, 2.05) is 0 Å². The Bertz CT molecular complexity index is 217. The first-order valence-electron chi connectivity index (χ1n) is 7.83. The summed E-state index contributed by atoms with van der Waals surface area (Å²) < 4.78 is 5.06. The van der Waals surface area contributed by atoms with E-state index in [2.05, 4.69) is 36.0 Å². The zero-order valence-corrected chi connectivity index (χ0v) is 13.3. The van der Waals surface area contributed by atoms with Gasteiger partial charge in [0.25, 0.3) is 0 Å². The first-order valence-corrected chi connectivity index (χ1v) is 7.83. The van der Waals surface area contributed by atoms with Crippen molar-refractivity contribution in [2.75, 3.05) is 53.5 Å². The number of likely N-dealkylation sites (tertiary alicyclic amines) is 1. The second-order valence-electron chi connectivity index (χ2n) is 5.73. The molecule has 1 aliphatic heterocycles. The van der Waals surface area contributed by atoms with Gasteiger partial charge in [-0.15, -0.1) is 0 Å². The maximum absolute atomic E-state index is 5.06. The van der Waals surface area contributed by atoms with Gasteiger partial charge in [0.2, 0.25) is 0 Å². The predicted octanol–water partition coefficient (Wildman–Crippen LogP) is 1.42. The van der Waals surface area contributed by atoms with Gasteiger partial charge in [-0.25, -0.2) is 0 Å². The summed E-state index contributed by atoms with van der Waals surface area (Å²) in [6.07, 6.45) is 3.73. The first kappa shape index (κ1) is 16.9. The Morgan fingerprint density at radius 1 is 1.37 bits per heavy atom. The largest absolute Gasteiger partial charge is 0.385 e. The van der Waals surface area contributed by atoms with E-state index in [-0.39, 0.29) is 0 Å². The molecular weight excluding hydrogens is 238 g/mol. The topological polar surface area (TPSA) is 27.7 Å². The standard InChI is InChI=1S/C15H33N3O/c1-5-18-10-7-15(8-11-18)17(3)14(2)13-16-9-6-12-19-4/h14-16H,5-13H2,1-4H3. The molecule has 1 N–H and O–H groups in total. The predicted molar refractivity (Wildman–Crippen MR) is 81.7 cm³/mol. The summed E-state index contributed by atoms with van der Waals surface area (Å²) in [6.45, 7) is 11.3. The van der Waals surface area contributed by atoms with Crippen LogP contribution in [0.1, 0.15) is 33.1 Å². The molecule has 0 bridgehead atoms. The summed E-state index contributed by atoms with van der Waals surface area (Å²) in [5, 5.41) is 3.53. The Morgan fingerprint density at radius 2 is 2.05 bits per heavy atom. The minimum absolute atomic E-state index is 0.612. The number of hydrogen-bond donors (Lipinski definition) is 1. The summed E-state index contributed by atoms with van der Waals surface area (Å²) in [4.78, 5) is 5.12. The lowest BCUT2D eigenvalue weighted by atomic mass is 10.0. The van der Waals surface area contributed by atoms with E-state index in [0.717, 1.165) is 32.2 Å². The number of nitrogens with zero attached hydrogens (tertiary/aromatic N) is 2. The molecule has 0 amide bonds. The van der Waals surface area contributed by atoms with Crippen molar-refractivity contribution in [1.29, 1.82) is 0 Å². The smallest absolute Gasteiger partial charge is 0.0474 e. The molecule has 0 aromatic rings. The van der Waals surface area contributed by atoms with Crippen LogP contribution >= 0.6 is 0 Å². The van der Waals surface area contributed by atoms with Crippen molar-refractivity contribution < 1.29 is 4.74 Å². The number of ether oxygens (including phenoxy) is 1. The molecule has 1 fully saturated rings. The van der Waals surface area contributed by atoms with Gasteiger partial charge in [-0.05, 0) is 59.4 Å². The van der Waals surface area contributed by atoms with E-state index >= 15 is 0 Å². The molecule has 1 aliphatic rings. The maximum atomic E-state index is 5.06. The van der Waals surface area contributed by atoms with Gasteiger partial charge in [0.05, 0.1) is 0 Å². The summed E-state index contributed by atoms with van der Waals surface area (Å²) >= 11 is 0. The minimum Gasteiger partial charge on any atom is -0.385 e. The van der Waals surface area contributed by atoms with E-state index in [0.29, 0.717) is 6.04 Å². The summed E-state index contributed by atoms with van der Waals surface area (Å²) in [5.41, 5.74) is 0. The molecule has 1 rings (SSSR count). The van der Waals surface area contributed by atoms with Gasteiger partial charge in [-0.3, -0.25) is 4.90 Å². The van der Waals surface area contributed by atoms with E-state index in [4.69, 9.17) is 4.74 Å². The zero-order chi connectivity index (χ0) is 14.1. The number of nitrogens with one attached hydrogen (secondary N) is 1. The van der Waals surface area contributed by atoms with Crippen molar-refractivity contribution in [3.05, 3.63) is 0 Å². The Labute approximate surface area is 119 Å². The molecule has 1 unspecified atom stereocenters. The molecule has 0 radical (unpaired) electrons. The second-order valence-corrected chi connectivity index (χ2v) is 5.73. The molecule has 0 aromatic carbocycles. The lowest BCUT2D eigenvalue weighted by Gasteiger charge is -2.39. The van der Waals surface area contributed by atoms with Gasteiger partial charge in [0, 0.05) is 32.3 Å². The number of piperidine rings is 1. The highest BCUT2D eigenvalue weighted by Crippen LogP contribution is 2.16. The van der Waals surface area contributed by atoms with Crippen LogP contribution in [0.5, 0.6) is 0 Å². The van der Waals surface area contributed by atoms with Crippen LogP contribution in [-0.4, -0.2) is 75.4 Å². The SMILES string of the molecule is CCN1CCC(N(C)C(C)CNCCCOC)CC1. The van der Waals surface area contributed by atoms with Crippen LogP contribution in [0.15, 0.2) is 0 Å². The molecule has 0 saturated carbocycles. The van der Waals surface area contributed by atoms with E-state index in [1.165, 1.54) is 32.5 Å². The minimum atomic E-state index is 0.612. The fourth-order valence-corrected chi connectivity index (χ4v) is 2.80. The van der Waals surface area contributed by atoms with Gasteiger partial charge in [-0.2, -0.15) is 0 Å². The molecule has 1 saturated heterocycles. The number of rotatable bonds is 9. The molecule has 4 heteroatoms. The van der Waals surface area contributed by atoms with Gasteiger partial charge in [0.15, 0.2) is 0 Å². The van der Waals surface area contributed by atoms with E-state index < -0.39 is 0 Å². The van der Waals surface area contributed by atoms with Gasteiger partial charge in [-0.1, -0.05) is 6.92 Å². The van der Waals surface area contributed by atoms with Crippen LogP contribution in [0.25, 0.3) is 0 Å². The monoisotopic (exact) mass is 271 g/mol. The van der Waals surface area contributed by atoms with Crippen molar-refractivity contribution in [2.24, 2.45) is 0 Å². The maximum Gasteiger partial charge on any atom is 0.0474 e. The van der Waals surface area contributed by atoms with Crippen molar-refractivity contribution in [1.82, 2.24) is 15.1 Å². The Hall–Kier alpha value is -0.160. The Kier molecular flexibility index (Phi) is 8.62. The molecule has 1 heterocycles. The van der Waals surface area contributed by atoms with E-state index in [9.17, 15) is 0 Å². The van der Waals surface area contributed by atoms with Crippen molar-refractivity contribution >= 4 is 0 Å². The van der Waals surface area contributed by atoms with Crippen LogP contribution in [-0.2, 0) is 4.74 Å². The summed E-state index contributed by atoms with van der Waals surface area (Å²) in [7, 11) is 4.05. The summed E-state index contributed by atoms with van der Waals surface area (Å²) in [5.74, 6) is 0. The Balaban J connectivity index is 2.15. The van der Waals surface area contributed by atoms with Gasteiger partial charge in [0.1, 0.15) is 0 Å². The molecule has 0 aromatic heterocycles. The average molecular weight is 271 g/mol. The fourth-order valence-electron chi connectivity index (χ4n) is 2.80. The molecule has 114 valence electrons. The van der Waals surface area contributed by atoms with Gasteiger partial charge < -0.3 is 15.0 Å². The van der Waals surface area contributed by atoms with Gasteiger partial charge >= 0.3 is 0 Å². The van der Waals surface area contributed by atoms with E-state index in [1.54, 1.807) is 7.11 Å². The number of likely N-dealkylation sites (N-methyl/N-ethyl adjacent to an activating group) is 1. The first-order chi connectivity index (χ1) is 9.19. The molecular formula is C15H33N3O. The number of hydrogen-bond acceptors (Lipinski definition) is 4. The third kappa shape index (κ3) is 6.21. The molecule has 1 atom stereocenters. The third-order valence-corrected chi connectivity index (χ3v) is 4.42. The van der Waals surface area contributed by atoms with Crippen LogP contribution in [0, 0.1) is 0 Å². The molecule has 4 nitrogen and oxygen atoms in total. The van der Waals surface area contributed by atoms with Crippen molar-refractivity contribution in [2.45, 2.75) is 45.2 Å². The highest BCUT2D eigenvalue weighted by Gasteiger charge is 2.24. The quantitative estimate of drug-likeness (QED) is 0.642. The zero-order valence-electron chi connectivity index (χ0n) is 13.3. The highest BCUT2D eigenvalue weighted by molar-refractivity contribution is 4.81. The van der Waals surface area contributed by atoms with Crippen LogP contribution < -0.4 is 5.32 Å². The van der Waals surface area contributed by atoms with Crippen molar-refractivity contribution in [3.8, 4) is 0 Å². The van der Waals surface area contributed by atoms with Crippen LogP contribution in [0.4, 0.5) is 0 Å². The van der Waals surface area contributed by atoms with Crippen molar-refractivity contribution in [3.63, 3.8) is 0 Å². The highest BCUT2D eigenvalue weighted by atomic mass is 16.5. The molecule has 0 aliphatic carbocycles. The Morgan fingerprint density at radius 3 is 2.63 bits per heavy atom. The lowest BCUT2D eigenvalue weighted by molar-refractivity contribution is 0.103. The second kappa shape index (κ2) is 9.70. The molecule has 19 heavy (non-hydrogen) atoms. The number of methoxy groups -OCH3 is 1. The fraction of sp³-hybridized carbons (Fsp3) is 1.00. The molecule has 0 spiro atoms. The van der Waals surface area contributed by atoms with Crippen LogP contribution in [0.3, 0.4) is 0 Å². The third-order valence-electron chi connectivity index (χ3n) is 4.42. The lowest BCUT2D eigenvalue weighted by Crippen LogP contribution is -2.49. The summed E-state index contributed by atoms with van der Waals surface area (Å²) in [6, 6.07) is 1.37. The van der Waals surface area contributed by atoms with Crippen LogP contribution in [0.2, 0.25) is 0 Å².